The zero-order valence-corrected chi connectivity index (χ0v) is 29.2. The number of rotatable bonds is 7. The van der Waals surface area contributed by atoms with E-state index < -0.39 is 83.3 Å². The van der Waals surface area contributed by atoms with Crippen LogP contribution in [0.15, 0.2) is 0 Å². The van der Waals surface area contributed by atoms with Crippen molar-refractivity contribution in [3.63, 3.8) is 0 Å². The Balaban J connectivity index is 2.69. The summed E-state index contributed by atoms with van der Waals surface area (Å²) in [5.41, 5.74) is -3.26. The van der Waals surface area contributed by atoms with Gasteiger partial charge in [-0.25, -0.2) is 0 Å². The van der Waals surface area contributed by atoms with Gasteiger partial charge in [-0.2, -0.15) is 0 Å². The number of hydrogen-bond acceptors (Lipinski definition) is 12. The minimum absolute atomic E-state index is 0.0681. The molecular formula is C33H57NO11. The van der Waals surface area contributed by atoms with E-state index >= 15 is 0 Å². The van der Waals surface area contributed by atoms with E-state index in [4.69, 9.17) is 23.7 Å². The molecule has 0 aliphatic carbocycles. The summed E-state index contributed by atoms with van der Waals surface area (Å²) in [6.45, 7) is 14.3. The zero-order chi connectivity index (χ0) is 34.6. The average molecular weight is 644 g/mol. The third kappa shape index (κ3) is 8.90. The summed E-state index contributed by atoms with van der Waals surface area (Å²) in [5.74, 6) is -6.21. The number of hydrogen-bond donors (Lipinski definition) is 2. The Morgan fingerprint density at radius 1 is 1.04 bits per heavy atom. The number of methoxy groups -OCH3 is 1. The minimum Gasteiger partial charge on any atom is -0.459 e. The number of aliphatic hydroxyl groups is 2. The van der Waals surface area contributed by atoms with Gasteiger partial charge in [0.05, 0.1) is 30.0 Å². The number of ketones is 2. The molecule has 2 aliphatic rings. The van der Waals surface area contributed by atoms with Crippen LogP contribution >= 0.6 is 0 Å². The molecule has 2 rings (SSSR count). The van der Waals surface area contributed by atoms with E-state index in [0.29, 0.717) is 12.8 Å². The van der Waals surface area contributed by atoms with Gasteiger partial charge in [0.15, 0.2) is 18.2 Å². The van der Waals surface area contributed by atoms with Crippen LogP contribution in [-0.2, 0) is 42.9 Å². The van der Waals surface area contributed by atoms with Gasteiger partial charge in [0.1, 0.15) is 23.4 Å². The first-order valence-corrected chi connectivity index (χ1v) is 16.1. The van der Waals surface area contributed by atoms with Gasteiger partial charge in [0.2, 0.25) is 0 Å². The fourth-order valence-electron chi connectivity index (χ4n) is 6.85. The van der Waals surface area contributed by atoms with E-state index in [1.165, 1.54) is 34.8 Å². The lowest BCUT2D eigenvalue weighted by atomic mass is 9.74. The molecule has 0 radical (unpaired) electrons. The molecule has 0 spiro atoms. The number of Topliss-reactive ketones (excluding diaryl/α,β-unsaturated/α-hetero) is 2. The maximum absolute atomic E-state index is 14.0. The Morgan fingerprint density at radius 2 is 1.64 bits per heavy atom. The van der Waals surface area contributed by atoms with Crippen molar-refractivity contribution >= 4 is 23.5 Å². The number of cyclic esters (lactones) is 1. The molecule has 0 aromatic carbocycles. The van der Waals surface area contributed by atoms with Gasteiger partial charge in [-0.15, -0.1) is 0 Å². The number of carbonyl (C=O) groups is 4. The number of nitrogens with zero attached hydrogens (tertiary/aromatic N) is 1. The molecule has 0 amide bonds. The van der Waals surface area contributed by atoms with Crippen LogP contribution in [0.3, 0.4) is 0 Å². The highest BCUT2D eigenvalue weighted by Gasteiger charge is 2.52. The van der Waals surface area contributed by atoms with Crippen molar-refractivity contribution in [2.24, 2.45) is 23.7 Å². The third-order valence-corrected chi connectivity index (χ3v) is 9.76. The Bertz CT molecular complexity index is 1050. The summed E-state index contributed by atoms with van der Waals surface area (Å²) in [7, 11) is 5.17. The minimum atomic E-state index is -1.96. The molecule has 2 saturated heterocycles. The lowest BCUT2D eigenvalue weighted by molar-refractivity contribution is -0.298. The molecule has 0 aromatic rings. The predicted molar refractivity (Wildman–Crippen MR) is 165 cm³/mol. The van der Waals surface area contributed by atoms with E-state index in [2.05, 4.69) is 0 Å². The fourth-order valence-corrected chi connectivity index (χ4v) is 6.85. The van der Waals surface area contributed by atoms with Gasteiger partial charge >= 0.3 is 11.9 Å². The summed E-state index contributed by atoms with van der Waals surface area (Å²) in [4.78, 5) is 55.3. The molecule has 2 fully saturated rings. The number of carbonyl (C=O) groups excluding carboxylic acids is 4. The molecule has 0 aromatic heterocycles. The number of ether oxygens (including phenoxy) is 5. The topological polar surface area (TPSA) is 158 Å². The van der Waals surface area contributed by atoms with Gasteiger partial charge in [-0.1, -0.05) is 34.1 Å². The van der Waals surface area contributed by atoms with Crippen molar-refractivity contribution in [1.82, 2.24) is 4.90 Å². The molecule has 45 heavy (non-hydrogen) atoms. The van der Waals surface area contributed by atoms with E-state index in [9.17, 15) is 29.4 Å². The lowest BCUT2D eigenvalue weighted by Crippen LogP contribution is -2.60. The molecule has 2 aliphatic heterocycles. The maximum Gasteiger partial charge on any atom is 0.316 e. The van der Waals surface area contributed by atoms with Gasteiger partial charge in [-0.3, -0.25) is 19.2 Å². The van der Waals surface area contributed by atoms with Crippen molar-refractivity contribution in [3.05, 3.63) is 0 Å². The van der Waals surface area contributed by atoms with Crippen LogP contribution < -0.4 is 0 Å². The normalized spacial score (nSPS) is 42.6. The van der Waals surface area contributed by atoms with Gasteiger partial charge < -0.3 is 38.8 Å². The molecule has 0 bridgehead atoms. The highest BCUT2D eigenvalue weighted by atomic mass is 16.7. The molecule has 2 heterocycles. The van der Waals surface area contributed by atoms with Crippen molar-refractivity contribution in [1.29, 1.82) is 0 Å². The Labute approximate surface area is 268 Å². The summed E-state index contributed by atoms with van der Waals surface area (Å²) in [5, 5.41) is 22.7. The van der Waals surface area contributed by atoms with Crippen molar-refractivity contribution in [2.45, 2.75) is 142 Å². The number of esters is 2. The van der Waals surface area contributed by atoms with E-state index in [1.54, 1.807) is 20.8 Å². The lowest BCUT2D eigenvalue weighted by Gasteiger charge is -2.47. The Morgan fingerprint density at radius 3 is 2.16 bits per heavy atom. The van der Waals surface area contributed by atoms with Crippen LogP contribution in [0.25, 0.3) is 0 Å². The van der Waals surface area contributed by atoms with Crippen LogP contribution in [0.4, 0.5) is 0 Å². The Hall–Kier alpha value is -1.96. The van der Waals surface area contributed by atoms with Gasteiger partial charge in [-0.05, 0) is 61.1 Å². The molecular weight excluding hydrogens is 586 g/mol. The molecule has 12 nitrogen and oxygen atoms in total. The second-order valence-electron chi connectivity index (χ2n) is 13.8. The summed E-state index contributed by atoms with van der Waals surface area (Å²) in [6.07, 6.45) is -4.69. The molecule has 12 heteroatoms. The highest BCUT2D eigenvalue weighted by molar-refractivity contribution is 6.00. The number of likely N-dealkylation sites (N-methyl/N-ethyl adjacent to an activating group) is 1. The van der Waals surface area contributed by atoms with Gasteiger partial charge in [0, 0.05) is 31.8 Å². The van der Waals surface area contributed by atoms with Crippen LogP contribution in [-0.4, -0.2) is 114 Å². The van der Waals surface area contributed by atoms with Crippen molar-refractivity contribution in [2.75, 3.05) is 21.2 Å². The second kappa shape index (κ2) is 15.8. The van der Waals surface area contributed by atoms with Gasteiger partial charge in [0.25, 0.3) is 0 Å². The summed E-state index contributed by atoms with van der Waals surface area (Å²) in [6, 6.07) is -0.263. The zero-order valence-electron chi connectivity index (χ0n) is 29.2. The van der Waals surface area contributed by atoms with Crippen molar-refractivity contribution < 1.29 is 53.1 Å². The number of aliphatic hydroxyl groups excluding tert-OH is 1. The van der Waals surface area contributed by atoms with Crippen LogP contribution in [0.1, 0.15) is 88.0 Å². The van der Waals surface area contributed by atoms with Crippen molar-refractivity contribution in [3.8, 4) is 0 Å². The maximum atomic E-state index is 14.0. The SMILES string of the molecule is CCC[C@H]1OC(=O)[C@H](C)C(=O)[C@H](C)[C@@H](OC2OC(C)CC(N(C)C)C2OC(C)=O)[C@](C)(OC)C[C@@H](C)C(=O)[C@H](C)[C@@H](O)[C@]1(C)O. The first-order valence-electron chi connectivity index (χ1n) is 16.1. The Kier molecular flexibility index (Phi) is 13.7. The third-order valence-electron chi connectivity index (χ3n) is 9.76. The molecule has 260 valence electrons. The van der Waals surface area contributed by atoms with E-state index in [0.717, 1.165) is 0 Å². The molecule has 13 atom stereocenters. The van der Waals surface area contributed by atoms with E-state index in [1.807, 2.05) is 32.8 Å². The molecule has 2 N–H and O–H groups in total. The molecule has 4 unspecified atom stereocenters. The monoisotopic (exact) mass is 643 g/mol. The first-order chi connectivity index (χ1) is 20.7. The van der Waals surface area contributed by atoms with E-state index in [-0.39, 0.29) is 30.8 Å². The second-order valence-corrected chi connectivity index (χ2v) is 13.8. The molecule has 0 saturated carbocycles. The fraction of sp³-hybridized carbons (Fsp3) is 0.879. The summed E-state index contributed by atoms with van der Waals surface area (Å²) >= 11 is 0. The standard InChI is InChI=1S/C33H57NO11/c1-13-14-24-33(9,40)28(38)19(4)25(36)17(2)16-32(8,41-12)29(20(5)26(37)21(6)30(39)44-24)45-31-27(43-22(7)35)23(34(10)11)15-18(3)42-31/h17-21,23-24,27-29,31,38,40H,13-16H2,1-12H3/t17-,18?,19+,20+,21-,23?,24-,27?,28-,29-,31?,32-,33-/m1/s1. The predicted octanol–water partition coefficient (Wildman–Crippen LogP) is 2.68. The summed E-state index contributed by atoms with van der Waals surface area (Å²) < 4.78 is 30.3. The average Bonchev–Trinajstić information content (AvgIpc) is 2.97. The largest absolute Gasteiger partial charge is 0.459 e. The van der Waals surface area contributed by atoms with Crippen LogP contribution in [0, 0.1) is 23.7 Å². The highest BCUT2D eigenvalue weighted by Crippen LogP contribution is 2.38. The quantitative estimate of drug-likeness (QED) is 0.309. The van der Waals surface area contributed by atoms with Crippen LogP contribution in [0.2, 0.25) is 0 Å². The first kappa shape index (κ1) is 39.2. The smallest absolute Gasteiger partial charge is 0.316 e. The van der Waals surface area contributed by atoms with Crippen LogP contribution in [0.5, 0.6) is 0 Å².